The minimum Gasteiger partial charge on any atom is -0.455 e. The smallest absolute Gasteiger partial charge is 0.270 e. The van der Waals surface area contributed by atoms with Crippen LogP contribution >= 0.6 is 39.1 Å². The van der Waals surface area contributed by atoms with E-state index in [9.17, 15) is 10.1 Å². The van der Waals surface area contributed by atoms with Crippen LogP contribution in [0.3, 0.4) is 0 Å². The van der Waals surface area contributed by atoms with Crippen molar-refractivity contribution in [2.45, 2.75) is 5.33 Å². The summed E-state index contributed by atoms with van der Waals surface area (Å²) in [6.45, 7) is 0. The quantitative estimate of drug-likeness (QED) is 0.397. The van der Waals surface area contributed by atoms with Crippen LogP contribution in [0.1, 0.15) is 5.56 Å². The molecule has 0 heterocycles. The molecule has 0 N–H and O–H groups in total. The van der Waals surface area contributed by atoms with E-state index >= 15 is 0 Å². The second-order valence-corrected chi connectivity index (χ2v) is 5.26. The van der Waals surface area contributed by atoms with Gasteiger partial charge in [-0.15, -0.1) is 0 Å². The molecule has 0 aliphatic carbocycles. The molecule has 20 heavy (non-hydrogen) atoms. The Kier molecular flexibility index (Phi) is 4.86. The monoisotopic (exact) mass is 375 g/mol. The summed E-state index contributed by atoms with van der Waals surface area (Å²) in [5.74, 6) is 0.881. The van der Waals surface area contributed by atoms with Gasteiger partial charge in [0.2, 0.25) is 0 Å². The van der Waals surface area contributed by atoms with Crippen LogP contribution in [0, 0.1) is 10.1 Å². The molecule has 0 fully saturated rings. The first-order valence-corrected chi connectivity index (χ1v) is 7.35. The summed E-state index contributed by atoms with van der Waals surface area (Å²) in [5.41, 5.74) is 0.652. The molecule has 0 aromatic heterocycles. The van der Waals surface area contributed by atoms with E-state index in [-0.39, 0.29) is 5.69 Å². The molecule has 2 rings (SSSR count). The molecule has 7 heteroatoms. The lowest BCUT2D eigenvalue weighted by molar-refractivity contribution is -0.384. The van der Waals surface area contributed by atoms with E-state index in [2.05, 4.69) is 15.9 Å². The maximum atomic E-state index is 10.7. The fraction of sp³-hybridized carbons (Fsp3) is 0.0769. The third-order valence-electron chi connectivity index (χ3n) is 2.51. The molecule has 0 bridgehead atoms. The largest absolute Gasteiger partial charge is 0.455 e. The Morgan fingerprint density at radius 2 is 1.90 bits per heavy atom. The first-order valence-electron chi connectivity index (χ1n) is 5.47. The molecule has 104 valence electrons. The van der Waals surface area contributed by atoms with Gasteiger partial charge in [0.05, 0.1) is 9.95 Å². The third kappa shape index (κ3) is 3.42. The summed E-state index contributed by atoms with van der Waals surface area (Å²) in [5, 5.41) is 12.1. The Hall–Kier alpha value is -1.30. The second-order valence-electron chi connectivity index (χ2n) is 3.86. The molecule has 0 saturated heterocycles. The SMILES string of the molecule is O=[N+]([O-])c1ccc(Oc2cc(Cl)ccc2Cl)c(CBr)c1. The van der Waals surface area contributed by atoms with E-state index in [0.717, 1.165) is 0 Å². The van der Waals surface area contributed by atoms with Gasteiger partial charge in [-0.25, -0.2) is 0 Å². The maximum Gasteiger partial charge on any atom is 0.270 e. The van der Waals surface area contributed by atoms with Crippen molar-refractivity contribution in [1.82, 2.24) is 0 Å². The van der Waals surface area contributed by atoms with Crippen molar-refractivity contribution in [2.75, 3.05) is 0 Å². The molecule has 0 aliphatic heterocycles. The Balaban J connectivity index is 2.38. The molecule has 2 aromatic rings. The standard InChI is InChI=1S/C13H8BrCl2NO3/c14-7-8-5-10(17(18)19)2-4-12(8)20-13-6-9(15)1-3-11(13)16/h1-6H,7H2. The highest BCUT2D eigenvalue weighted by molar-refractivity contribution is 9.08. The summed E-state index contributed by atoms with van der Waals surface area (Å²) in [6.07, 6.45) is 0. The zero-order valence-corrected chi connectivity index (χ0v) is 13.1. The highest BCUT2D eigenvalue weighted by Gasteiger charge is 2.13. The predicted octanol–water partition coefficient (Wildman–Crippen LogP) is 5.59. The molecule has 2 aromatic carbocycles. The van der Waals surface area contributed by atoms with E-state index in [0.29, 0.717) is 32.4 Å². The van der Waals surface area contributed by atoms with Crippen molar-refractivity contribution < 1.29 is 9.66 Å². The van der Waals surface area contributed by atoms with Crippen LogP contribution in [-0.2, 0) is 5.33 Å². The first-order chi connectivity index (χ1) is 9.51. The Morgan fingerprint density at radius 1 is 1.15 bits per heavy atom. The first kappa shape index (κ1) is 15.1. The molecule has 0 radical (unpaired) electrons. The van der Waals surface area contributed by atoms with Gasteiger partial charge in [0.1, 0.15) is 11.5 Å². The molecule has 0 aliphatic rings. The molecule has 0 saturated carbocycles. The lowest BCUT2D eigenvalue weighted by Crippen LogP contribution is -1.94. The molecule has 0 spiro atoms. The summed E-state index contributed by atoms with van der Waals surface area (Å²) < 4.78 is 5.68. The van der Waals surface area contributed by atoms with Crippen LogP contribution in [0.15, 0.2) is 36.4 Å². The number of hydrogen-bond acceptors (Lipinski definition) is 3. The van der Waals surface area contributed by atoms with Gasteiger partial charge in [-0.1, -0.05) is 39.1 Å². The van der Waals surface area contributed by atoms with E-state index in [1.54, 1.807) is 18.2 Å². The van der Waals surface area contributed by atoms with Gasteiger partial charge in [-0.3, -0.25) is 10.1 Å². The molecule has 0 amide bonds. The molecule has 0 atom stereocenters. The van der Waals surface area contributed by atoms with Gasteiger partial charge in [0.25, 0.3) is 5.69 Å². The lowest BCUT2D eigenvalue weighted by Gasteiger charge is -2.11. The number of nitro groups is 1. The number of halogens is 3. The van der Waals surface area contributed by atoms with Gasteiger partial charge in [0.15, 0.2) is 0 Å². The van der Waals surface area contributed by atoms with Gasteiger partial charge in [0, 0.05) is 34.1 Å². The number of nitrogens with zero attached hydrogens (tertiary/aromatic N) is 1. The average Bonchev–Trinajstić information content (AvgIpc) is 2.43. The predicted molar refractivity (Wildman–Crippen MR) is 82.3 cm³/mol. The number of nitro benzene ring substituents is 1. The maximum absolute atomic E-state index is 10.7. The van der Waals surface area contributed by atoms with Crippen LogP contribution in [-0.4, -0.2) is 4.92 Å². The van der Waals surface area contributed by atoms with Crippen LogP contribution in [0.2, 0.25) is 10.0 Å². The number of rotatable bonds is 4. The molecule has 0 unspecified atom stereocenters. The average molecular weight is 377 g/mol. The molecule has 4 nitrogen and oxygen atoms in total. The van der Waals surface area contributed by atoms with Crippen molar-refractivity contribution in [1.29, 1.82) is 0 Å². The van der Waals surface area contributed by atoms with Crippen LogP contribution < -0.4 is 4.74 Å². The van der Waals surface area contributed by atoms with Crippen molar-refractivity contribution in [2.24, 2.45) is 0 Å². The van der Waals surface area contributed by atoms with Gasteiger partial charge in [-0.05, 0) is 18.2 Å². The summed E-state index contributed by atoms with van der Waals surface area (Å²) >= 11 is 15.2. The number of hydrogen-bond donors (Lipinski definition) is 0. The number of benzene rings is 2. The van der Waals surface area contributed by atoms with Gasteiger partial charge >= 0.3 is 0 Å². The van der Waals surface area contributed by atoms with Crippen LogP contribution in [0.5, 0.6) is 11.5 Å². The number of non-ortho nitro benzene ring substituents is 1. The van der Waals surface area contributed by atoms with Crippen molar-refractivity contribution in [3.05, 3.63) is 62.1 Å². The zero-order chi connectivity index (χ0) is 14.7. The number of ether oxygens (including phenoxy) is 1. The fourth-order valence-corrected chi connectivity index (χ4v) is 2.31. The van der Waals surface area contributed by atoms with E-state index in [1.165, 1.54) is 18.2 Å². The van der Waals surface area contributed by atoms with Crippen molar-refractivity contribution in [3.8, 4) is 11.5 Å². The van der Waals surface area contributed by atoms with Crippen LogP contribution in [0.25, 0.3) is 0 Å². The lowest BCUT2D eigenvalue weighted by atomic mass is 10.2. The van der Waals surface area contributed by atoms with Crippen LogP contribution in [0.4, 0.5) is 5.69 Å². The highest BCUT2D eigenvalue weighted by Crippen LogP contribution is 2.35. The van der Waals surface area contributed by atoms with Crippen molar-refractivity contribution in [3.63, 3.8) is 0 Å². The minimum atomic E-state index is -0.456. The van der Waals surface area contributed by atoms with E-state index in [4.69, 9.17) is 27.9 Å². The molecular formula is C13H8BrCl2NO3. The fourth-order valence-electron chi connectivity index (χ4n) is 1.56. The van der Waals surface area contributed by atoms with E-state index in [1.807, 2.05) is 0 Å². The highest BCUT2D eigenvalue weighted by atomic mass is 79.9. The van der Waals surface area contributed by atoms with Crippen molar-refractivity contribution >= 4 is 44.8 Å². The summed E-state index contributed by atoms with van der Waals surface area (Å²) in [7, 11) is 0. The number of alkyl halides is 1. The Labute approximate surface area is 133 Å². The zero-order valence-electron chi connectivity index (χ0n) is 9.98. The molecular weight excluding hydrogens is 369 g/mol. The third-order valence-corrected chi connectivity index (χ3v) is 3.66. The van der Waals surface area contributed by atoms with Gasteiger partial charge < -0.3 is 4.74 Å². The summed E-state index contributed by atoms with van der Waals surface area (Å²) in [6, 6.07) is 9.22. The second kappa shape index (κ2) is 6.43. The topological polar surface area (TPSA) is 52.4 Å². The Bertz CT molecular complexity index is 664. The summed E-state index contributed by atoms with van der Waals surface area (Å²) in [4.78, 5) is 10.3. The van der Waals surface area contributed by atoms with Gasteiger partial charge in [-0.2, -0.15) is 0 Å². The Morgan fingerprint density at radius 3 is 2.55 bits per heavy atom. The minimum absolute atomic E-state index is 0.00370. The van der Waals surface area contributed by atoms with E-state index < -0.39 is 4.92 Å². The normalized spacial score (nSPS) is 10.3.